The number of morpholine rings is 1. The van der Waals surface area contributed by atoms with Crippen molar-refractivity contribution < 1.29 is 9.53 Å². The second kappa shape index (κ2) is 9.13. The molecule has 2 aromatic carbocycles. The lowest BCUT2D eigenvalue weighted by atomic mass is 10.1. The Morgan fingerprint density at radius 2 is 1.76 bits per heavy atom. The molecule has 1 aliphatic rings. The first-order valence-corrected chi connectivity index (χ1v) is 9.39. The van der Waals surface area contributed by atoms with Gasteiger partial charge in [0.2, 0.25) is 5.91 Å². The fourth-order valence-electron chi connectivity index (χ4n) is 2.99. The average Bonchev–Trinajstić information content (AvgIpc) is 2.65. The van der Waals surface area contributed by atoms with E-state index in [9.17, 15) is 4.79 Å². The Labute approximate surface area is 157 Å². The third-order valence-corrected chi connectivity index (χ3v) is 4.89. The molecule has 0 unspecified atom stereocenters. The lowest BCUT2D eigenvalue weighted by molar-refractivity contribution is -0.121. The van der Waals surface area contributed by atoms with Gasteiger partial charge in [0, 0.05) is 24.1 Å². The highest BCUT2D eigenvalue weighted by Gasteiger charge is 2.20. The molecule has 25 heavy (non-hydrogen) atoms. The Morgan fingerprint density at radius 3 is 2.44 bits per heavy atom. The van der Waals surface area contributed by atoms with Gasteiger partial charge in [0.05, 0.1) is 25.7 Å². The molecule has 1 saturated heterocycles. The molecular formula is C20H23BrN2O2. The van der Waals surface area contributed by atoms with Crippen LogP contribution in [0.1, 0.15) is 17.2 Å². The molecule has 1 atom stereocenters. The first kappa shape index (κ1) is 18.1. The van der Waals surface area contributed by atoms with Gasteiger partial charge in [-0.25, -0.2) is 0 Å². The summed E-state index contributed by atoms with van der Waals surface area (Å²) in [5, 5.41) is 3.21. The summed E-state index contributed by atoms with van der Waals surface area (Å²) >= 11 is 3.42. The molecule has 132 valence electrons. The summed E-state index contributed by atoms with van der Waals surface area (Å²) in [5.74, 6) is 0.0458. The predicted octanol–water partition coefficient (Wildman–Crippen LogP) is 3.18. The molecule has 0 aromatic heterocycles. The number of amides is 1. The molecule has 4 nitrogen and oxygen atoms in total. The zero-order valence-electron chi connectivity index (χ0n) is 14.2. The number of rotatable bonds is 6. The van der Waals surface area contributed by atoms with Crippen LogP contribution in [0.2, 0.25) is 0 Å². The van der Waals surface area contributed by atoms with Gasteiger partial charge >= 0.3 is 0 Å². The van der Waals surface area contributed by atoms with E-state index in [4.69, 9.17) is 4.74 Å². The van der Waals surface area contributed by atoms with Crippen molar-refractivity contribution in [2.45, 2.75) is 12.5 Å². The van der Waals surface area contributed by atoms with Crippen molar-refractivity contribution in [2.75, 3.05) is 32.8 Å². The van der Waals surface area contributed by atoms with Crippen LogP contribution < -0.4 is 5.32 Å². The Hall–Kier alpha value is -1.69. The normalized spacial score (nSPS) is 16.4. The van der Waals surface area contributed by atoms with Crippen molar-refractivity contribution in [3.8, 4) is 0 Å². The molecule has 1 fully saturated rings. The number of carbonyl (C=O) groups excluding carboxylic acids is 1. The predicted molar refractivity (Wildman–Crippen MR) is 102 cm³/mol. The second-order valence-electron chi connectivity index (χ2n) is 6.25. The summed E-state index contributed by atoms with van der Waals surface area (Å²) in [7, 11) is 0. The van der Waals surface area contributed by atoms with Gasteiger partial charge in [0.25, 0.3) is 0 Å². The fraction of sp³-hybridized carbons (Fsp3) is 0.350. The van der Waals surface area contributed by atoms with Crippen LogP contribution in [-0.4, -0.2) is 43.7 Å². The maximum absolute atomic E-state index is 12.6. The van der Waals surface area contributed by atoms with Crippen molar-refractivity contribution in [1.82, 2.24) is 10.2 Å². The molecule has 0 spiro atoms. The first-order chi connectivity index (χ1) is 12.2. The number of halogens is 1. The van der Waals surface area contributed by atoms with E-state index in [1.165, 1.54) is 0 Å². The smallest absolute Gasteiger partial charge is 0.224 e. The van der Waals surface area contributed by atoms with Crippen LogP contribution in [0, 0.1) is 0 Å². The monoisotopic (exact) mass is 402 g/mol. The van der Waals surface area contributed by atoms with Crippen LogP contribution >= 0.6 is 15.9 Å². The Bertz CT molecular complexity index is 670. The molecule has 1 aliphatic heterocycles. The number of hydrogen-bond acceptors (Lipinski definition) is 3. The van der Waals surface area contributed by atoms with Crippen LogP contribution in [0.25, 0.3) is 0 Å². The third-order valence-electron chi connectivity index (χ3n) is 4.36. The van der Waals surface area contributed by atoms with E-state index in [0.717, 1.165) is 48.4 Å². The number of nitrogens with zero attached hydrogens (tertiary/aromatic N) is 1. The van der Waals surface area contributed by atoms with Crippen molar-refractivity contribution in [3.05, 3.63) is 70.2 Å². The summed E-state index contributed by atoms with van der Waals surface area (Å²) in [6, 6.07) is 18.0. The van der Waals surface area contributed by atoms with Crippen molar-refractivity contribution in [1.29, 1.82) is 0 Å². The van der Waals surface area contributed by atoms with Crippen LogP contribution in [0.3, 0.4) is 0 Å². The highest BCUT2D eigenvalue weighted by atomic mass is 79.9. The second-order valence-corrected chi connectivity index (χ2v) is 7.16. The van der Waals surface area contributed by atoms with Gasteiger partial charge in [-0.2, -0.15) is 0 Å². The van der Waals surface area contributed by atoms with Gasteiger partial charge in [0.15, 0.2) is 0 Å². The Balaban J connectivity index is 1.65. The first-order valence-electron chi connectivity index (χ1n) is 8.59. The maximum Gasteiger partial charge on any atom is 0.224 e. The van der Waals surface area contributed by atoms with E-state index in [-0.39, 0.29) is 11.9 Å². The molecular weight excluding hydrogens is 380 g/mol. The van der Waals surface area contributed by atoms with E-state index in [1.54, 1.807) is 0 Å². The van der Waals surface area contributed by atoms with Gasteiger partial charge in [-0.15, -0.1) is 0 Å². The van der Waals surface area contributed by atoms with Crippen LogP contribution in [0.4, 0.5) is 0 Å². The standard InChI is InChI=1S/C20H23BrN2O2/c21-18-8-6-16(7-9-18)14-20(24)22-19(17-4-2-1-3-5-17)15-23-10-12-25-13-11-23/h1-9,19H,10-15H2,(H,22,24)/t19-/m0/s1. The molecule has 1 amide bonds. The van der Waals surface area contributed by atoms with Crippen molar-refractivity contribution >= 4 is 21.8 Å². The molecule has 3 rings (SSSR count). The molecule has 1 N–H and O–H groups in total. The van der Waals surface area contributed by atoms with Gasteiger partial charge < -0.3 is 10.1 Å². The molecule has 5 heteroatoms. The zero-order valence-corrected chi connectivity index (χ0v) is 15.7. The lowest BCUT2D eigenvalue weighted by Gasteiger charge is -2.31. The minimum Gasteiger partial charge on any atom is -0.379 e. The van der Waals surface area contributed by atoms with E-state index in [2.05, 4.69) is 38.3 Å². The number of ether oxygens (including phenoxy) is 1. The molecule has 0 bridgehead atoms. The zero-order chi connectivity index (χ0) is 17.5. The number of nitrogens with one attached hydrogen (secondary N) is 1. The largest absolute Gasteiger partial charge is 0.379 e. The maximum atomic E-state index is 12.6. The average molecular weight is 403 g/mol. The minimum atomic E-state index is -0.0118. The molecule has 0 radical (unpaired) electrons. The minimum absolute atomic E-state index is 0.0118. The van der Waals surface area contributed by atoms with Gasteiger partial charge in [-0.1, -0.05) is 58.4 Å². The number of benzene rings is 2. The molecule has 0 saturated carbocycles. The number of hydrogen-bond donors (Lipinski definition) is 1. The van der Waals surface area contributed by atoms with E-state index in [0.29, 0.717) is 6.42 Å². The summed E-state index contributed by atoms with van der Waals surface area (Å²) in [5.41, 5.74) is 2.15. The Morgan fingerprint density at radius 1 is 1.08 bits per heavy atom. The van der Waals surface area contributed by atoms with Crippen LogP contribution in [0.15, 0.2) is 59.1 Å². The SMILES string of the molecule is O=C(Cc1ccc(Br)cc1)N[C@@H](CN1CCOCC1)c1ccccc1. The summed E-state index contributed by atoms with van der Waals surface area (Å²) in [6.45, 7) is 4.14. The van der Waals surface area contributed by atoms with Gasteiger partial charge in [-0.3, -0.25) is 9.69 Å². The van der Waals surface area contributed by atoms with E-state index in [1.807, 2.05) is 42.5 Å². The molecule has 1 heterocycles. The third kappa shape index (κ3) is 5.66. The topological polar surface area (TPSA) is 41.6 Å². The molecule has 2 aromatic rings. The summed E-state index contributed by atoms with van der Waals surface area (Å²) in [4.78, 5) is 14.9. The van der Waals surface area contributed by atoms with Crippen molar-refractivity contribution in [3.63, 3.8) is 0 Å². The lowest BCUT2D eigenvalue weighted by Crippen LogP contribution is -2.43. The molecule has 0 aliphatic carbocycles. The highest BCUT2D eigenvalue weighted by Crippen LogP contribution is 2.16. The summed E-state index contributed by atoms with van der Waals surface area (Å²) in [6.07, 6.45) is 0.389. The highest BCUT2D eigenvalue weighted by molar-refractivity contribution is 9.10. The van der Waals surface area contributed by atoms with Gasteiger partial charge in [-0.05, 0) is 23.3 Å². The fourth-order valence-corrected chi connectivity index (χ4v) is 3.26. The number of carbonyl (C=O) groups is 1. The van der Waals surface area contributed by atoms with Crippen LogP contribution in [0.5, 0.6) is 0 Å². The van der Waals surface area contributed by atoms with E-state index >= 15 is 0 Å². The quantitative estimate of drug-likeness (QED) is 0.806. The van der Waals surface area contributed by atoms with Crippen molar-refractivity contribution in [2.24, 2.45) is 0 Å². The van der Waals surface area contributed by atoms with E-state index < -0.39 is 0 Å². The Kier molecular flexibility index (Phi) is 6.62. The van der Waals surface area contributed by atoms with Gasteiger partial charge in [0.1, 0.15) is 0 Å². The summed E-state index contributed by atoms with van der Waals surface area (Å²) < 4.78 is 6.44. The van der Waals surface area contributed by atoms with Crippen LogP contribution in [-0.2, 0) is 16.0 Å².